The number of nitrogens with zero attached hydrogens (tertiary/aromatic N) is 2. The van der Waals surface area contributed by atoms with Gasteiger partial charge in [0, 0.05) is 0 Å². The van der Waals surface area contributed by atoms with Gasteiger partial charge in [0.15, 0.2) is 10.7 Å². The Kier molecular flexibility index (Phi) is 1.93. The van der Waals surface area contributed by atoms with Gasteiger partial charge in [-0.05, 0) is 6.92 Å². The quantitative estimate of drug-likeness (QED) is 0.599. The van der Waals surface area contributed by atoms with Crippen molar-refractivity contribution in [2.45, 2.75) is 11.8 Å². The normalized spacial score (nSPS) is 10.7. The summed E-state index contributed by atoms with van der Waals surface area (Å²) in [6.07, 6.45) is 0. The van der Waals surface area contributed by atoms with Gasteiger partial charge in [0.05, 0.1) is 0 Å². The summed E-state index contributed by atoms with van der Waals surface area (Å²) in [7, 11) is 0. The molecule has 1 heterocycles. The van der Waals surface area contributed by atoms with E-state index in [-0.39, 0.29) is 5.89 Å². The van der Waals surface area contributed by atoms with Crippen molar-refractivity contribution in [1.82, 2.24) is 10.1 Å². The predicted molar refractivity (Wildman–Crippen MR) is 33.5 cm³/mol. The van der Waals surface area contributed by atoms with Crippen molar-refractivity contribution in [3.63, 3.8) is 0 Å². The van der Waals surface area contributed by atoms with E-state index < -0.39 is 4.84 Å². The van der Waals surface area contributed by atoms with E-state index in [1.807, 2.05) is 0 Å². The molecule has 50 valence electrons. The highest BCUT2D eigenvalue weighted by Crippen LogP contribution is 2.21. The molecule has 9 heavy (non-hydrogen) atoms. The summed E-state index contributed by atoms with van der Waals surface area (Å²) < 4.78 is 4.60. The first-order valence-corrected chi connectivity index (χ1v) is 3.16. The molecule has 0 bridgehead atoms. The number of aryl methyl sites for hydroxylation is 1. The van der Waals surface area contributed by atoms with Crippen LogP contribution in [0.2, 0.25) is 0 Å². The van der Waals surface area contributed by atoms with E-state index in [0.29, 0.717) is 5.82 Å². The fraction of sp³-hybridized carbons (Fsp3) is 0.500. The monoisotopic (exact) mass is 166 g/mol. The molecule has 0 aliphatic rings. The number of rotatable bonds is 1. The van der Waals surface area contributed by atoms with Gasteiger partial charge in [-0.25, -0.2) is 0 Å². The van der Waals surface area contributed by atoms with E-state index in [2.05, 4.69) is 14.7 Å². The van der Waals surface area contributed by atoms with E-state index in [4.69, 9.17) is 23.2 Å². The summed E-state index contributed by atoms with van der Waals surface area (Å²) in [4.78, 5) is 3.05. The van der Waals surface area contributed by atoms with Gasteiger partial charge in [0.2, 0.25) is 0 Å². The first-order chi connectivity index (χ1) is 4.20. The standard InChI is InChI=1S/C4H4Cl2N2O/c1-2-7-4(3(5)6)9-8-2/h3H,1H3. The smallest absolute Gasteiger partial charge is 0.259 e. The molecule has 0 spiro atoms. The van der Waals surface area contributed by atoms with Crippen LogP contribution in [0.4, 0.5) is 0 Å². The van der Waals surface area contributed by atoms with Crippen molar-refractivity contribution >= 4 is 23.2 Å². The molecule has 0 aliphatic carbocycles. The first kappa shape index (κ1) is 6.83. The van der Waals surface area contributed by atoms with Crippen LogP contribution in [0.1, 0.15) is 16.6 Å². The first-order valence-electron chi connectivity index (χ1n) is 2.28. The molecular formula is C4H4Cl2N2O. The summed E-state index contributed by atoms with van der Waals surface area (Å²) in [5.74, 6) is 0.784. The molecule has 1 aromatic heterocycles. The molecule has 0 fully saturated rings. The van der Waals surface area contributed by atoms with Crippen molar-refractivity contribution in [2.75, 3.05) is 0 Å². The third kappa shape index (κ3) is 1.56. The van der Waals surface area contributed by atoms with Crippen LogP contribution in [-0.2, 0) is 0 Å². The second-order valence-electron chi connectivity index (χ2n) is 1.48. The van der Waals surface area contributed by atoms with Crippen LogP contribution in [0, 0.1) is 6.92 Å². The van der Waals surface area contributed by atoms with Gasteiger partial charge in [-0.1, -0.05) is 28.4 Å². The summed E-state index contributed by atoms with van der Waals surface area (Å²) in [5.41, 5.74) is 0. The molecule has 0 unspecified atom stereocenters. The van der Waals surface area contributed by atoms with Gasteiger partial charge in [-0.2, -0.15) is 4.98 Å². The Morgan fingerprint density at radius 3 is 2.44 bits per heavy atom. The Balaban J connectivity index is 2.85. The second kappa shape index (κ2) is 2.54. The number of alkyl halides is 2. The molecule has 0 N–H and O–H groups in total. The van der Waals surface area contributed by atoms with Gasteiger partial charge >= 0.3 is 0 Å². The van der Waals surface area contributed by atoms with Crippen molar-refractivity contribution in [2.24, 2.45) is 0 Å². The van der Waals surface area contributed by atoms with Crippen LogP contribution in [-0.4, -0.2) is 10.1 Å². The summed E-state index contributed by atoms with van der Waals surface area (Å²) in [5, 5.41) is 3.48. The van der Waals surface area contributed by atoms with E-state index in [1.54, 1.807) is 6.92 Å². The van der Waals surface area contributed by atoms with Crippen LogP contribution in [0.3, 0.4) is 0 Å². The fourth-order valence-electron chi connectivity index (χ4n) is 0.402. The topological polar surface area (TPSA) is 38.9 Å². The highest BCUT2D eigenvalue weighted by atomic mass is 35.5. The molecule has 0 amide bonds. The Labute approximate surface area is 62.0 Å². The Hall–Kier alpha value is -0.280. The van der Waals surface area contributed by atoms with Crippen molar-refractivity contribution in [3.8, 4) is 0 Å². The molecule has 0 saturated carbocycles. The lowest BCUT2D eigenvalue weighted by molar-refractivity contribution is 0.384. The number of aromatic nitrogens is 2. The zero-order chi connectivity index (χ0) is 6.85. The zero-order valence-electron chi connectivity index (χ0n) is 4.64. The van der Waals surface area contributed by atoms with Crippen molar-refractivity contribution < 1.29 is 4.52 Å². The molecule has 0 atom stereocenters. The second-order valence-corrected chi connectivity index (χ2v) is 2.58. The van der Waals surface area contributed by atoms with Crippen LogP contribution in [0.25, 0.3) is 0 Å². The number of hydrogen-bond donors (Lipinski definition) is 0. The third-order valence-electron chi connectivity index (χ3n) is 0.730. The maximum Gasteiger partial charge on any atom is 0.259 e. The van der Waals surface area contributed by atoms with E-state index in [0.717, 1.165) is 0 Å². The SMILES string of the molecule is Cc1noc(C(Cl)Cl)n1. The maximum absolute atomic E-state index is 5.39. The minimum atomic E-state index is -0.716. The minimum Gasteiger partial charge on any atom is -0.336 e. The Morgan fingerprint density at radius 2 is 2.22 bits per heavy atom. The van der Waals surface area contributed by atoms with Gasteiger partial charge in [-0.15, -0.1) is 0 Å². The van der Waals surface area contributed by atoms with Gasteiger partial charge in [-0.3, -0.25) is 0 Å². The molecule has 0 saturated heterocycles. The van der Waals surface area contributed by atoms with E-state index in [1.165, 1.54) is 0 Å². The van der Waals surface area contributed by atoms with E-state index >= 15 is 0 Å². The van der Waals surface area contributed by atoms with E-state index in [9.17, 15) is 0 Å². The lowest BCUT2D eigenvalue weighted by Crippen LogP contribution is -1.79. The van der Waals surface area contributed by atoms with Crippen LogP contribution < -0.4 is 0 Å². The minimum absolute atomic E-state index is 0.246. The molecule has 0 aromatic carbocycles. The van der Waals surface area contributed by atoms with Gasteiger partial charge < -0.3 is 4.52 Å². The maximum atomic E-state index is 5.39. The molecule has 3 nitrogen and oxygen atoms in total. The summed E-state index contributed by atoms with van der Waals surface area (Å²) in [6.45, 7) is 1.70. The Morgan fingerprint density at radius 1 is 1.56 bits per heavy atom. The average Bonchev–Trinajstić information content (AvgIpc) is 2.14. The molecule has 1 aromatic rings. The van der Waals surface area contributed by atoms with Gasteiger partial charge in [0.1, 0.15) is 0 Å². The third-order valence-corrected chi connectivity index (χ3v) is 1.10. The zero-order valence-corrected chi connectivity index (χ0v) is 6.15. The molecule has 0 radical (unpaired) electrons. The van der Waals surface area contributed by atoms with Crippen LogP contribution in [0.5, 0.6) is 0 Å². The summed E-state index contributed by atoms with van der Waals surface area (Å²) in [6, 6.07) is 0. The summed E-state index contributed by atoms with van der Waals surface area (Å²) >= 11 is 10.8. The highest BCUT2D eigenvalue weighted by Gasteiger charge is 2.09. The highest BCUT2D eigenvalue weighted by molar-refractivity contribution is 6.43. The average molecular weight is 167 g/mol. The lowest BCUT2D eigenvalue weighted by Gasteiger charge is -1.86. The lowest BCUT2D eigenvalue weighted by atomic mass is 10.7. The number of hydrogen-bond acceptors (Lipinski definition) is 3. The number of halogens is 2. The van der Waals surface area contributed by atoms with Crippen LogP contribution >= 0.6 is 23.2 Å². The van der Waals surface area contributed by atoms with Gasteiger partial charge in [0.25, 0.3) is 5.89 Å². The molecular weight excluding hydrogens is 163 g/mol. The molecule has 5 heteroatoms. The van der Waals surface area contributed by atoms with Crippen molar-refractivity contribution in [3.05, 3.63) is 11.7 Å². The molecule has 0 aliphatic heterocycles. The van der Waals surface area contributed by atoms with Crippen LogP contribution in [0.15, 0.2) is 4.52 Å². The predicted octanol–water partition coefficient (Wildman–Crippen LogP) is 1.85. The van der Waals surface area contributed by atoms with Crippen molar-refractivity contribution in [1.29, 1.82) is 0 Å². The fourth-order valence-corrected chi connectivity index (χ4v) is 0.579. The Bertz CT molecular complexity index is 198. The molecule has 1 rings (SSSR count). The largest absolute Gasteiger partial charge is 0.336 e.